The van der Waals surface area contributed by atoms with E-state index in [0.717, 1.165) is 6.42 Å². The number of hydrogen-bond donors (Lipinski definition) is 2. The number of nitrogens with zero attached hydrogens (tertiary/aromatic N) is 1. The molecule has 0 spiro atoms. The van der Waals surface area contributed by atoms with Gasteiger partial charge in [0.2, 0.25) is 10.0 Å². The molecule has 0 radical (unpaired) electrons. The molecule has 1 amide bonds. The van der Waals surface area contributed by atoms with Gasteiger partial charge in [0.25, 0.3) is 5.91 Å². The third kappa shape index (κ3) is 3.44. The average Bonchev–Trinajstić information content (AvgIpc) is 2.98. The minimum Gasteiger partial charge on any atom is -0.396 e. The highest BCUT2D eigenvalue weighted by Crippen LogP contribution is 2.35. The van der Waals surface area contributed by atoms with E-state index in [-0.39, 0.29) is 35.5 Å². The molecule has 25 heavy (non-hydrogen) atoms. The van der Waals surface area contributed by atoms with Crippen LogP contribution in [0.5, 0.6) is 0 Å². The summed E-state index contributed by atoms with van der Waals surface area (Å²) in [6.07, 6.45) is 1.36. The predicted octanol–water partition coefficient (Wildman–Crippen LogP) is 0.563. The van der Waals surface area contributed by atoms with Gasteiger partial charge in [-0.25, -0.2) is 13.6 Å². The maximum absolute atomic E-state index is 13.1. The van der Waals surface area contributed by atoms with Crippen LogP contribution in [0.25, 0.3) is 0 Å². The maximum Gasteiger partial charge on any atom is 0.254 e. The van der Waals surface area contributed by atoms with Gasteiger partial charge in [-0.15, -0.1) is 0 Å². The first-order valence-corrected chi connectivity index (χ1v) is 9.94. The fraction of sp³-hybridized carbons (Fsp3) is 0.588. The number of ether oxygens (including phenoxy) is 1. The van der Waals surface area contributed by atoms with Crippen molar-refractivity contribution in [3.63, 3.8) is 0 Å². The van der Waals surface area contributed by atoms with Gasteiger partial charge in [-0.3, -0.25) is 4.79 Å². The first-order chi connectivity index (χ1) is 11.7. The van der Waals surface area contributed by atoms with Crippen molar-refractivity contribution in [2.45, 2.75) is 43.7 Å². The van der Waals surface area contributed by atoms with Crippen molar-refractivity contribution < 1.29 is 23.1 Å². The zero-order chi connectivity index (χ0) is 18.4. The van der Waals surface area contributed by atoms with E-state index in [0.29, 0.717) is 36.3 Å². The molecule has 0 aromatic heterocycles. The normalized spacial score (nSPS) is 26.6. The lowest BCUT2D eigenvalue weighted by Crippen LogP contribution is -2.51. The van der Waals surface area contributed by atoms with Gasteiger partial charge in [0, 0.05) is 18.7 Å². The molecule has 1 aliphatic heterocycles. The molecule has 8 heteroatoms. The summed E-state index contributed by atoms with van der Waals surface area (Å²) in [5.41, 5.74) is 1.58. The van der Waals surface area contributed by atoms with Gasteiger partial charge in [0.15, 0.2) is 0 Å². The Morgan fingerprint density at radius 2 is 2.08 bits per heavy atom. The van der Waals surface area contributed by atoms with Crippen molar-refractivity contribution in [1.82, 2.24) is 4.90 Å². The molecular formula is C17H24N2O5S. The number of nitrogens with two attached hydrogens (primary N) is 1. The number of aliphatic hydroxyl groups excluding tert-OH is 1. The highest BCUT2D eigenvalue weighted by atomic mass is 32.2. The Morgan fingerprint density at radius 3 is 2.72 bits per heavy atom. The second kappa shape index (κ2) is 6.68. The second-order valence-corrected chi connectivity index (χ2v) is 8.49. The Hall–Kier alpha value is -1.48. The average molecular weight is 368 g/mol. The molecule has 3 rings (SSSR count). The third-order valence-corrected chi connectivity index (χ3v) is 6.36. The number of benzene rings is 1. The van der Waals surface area contributed by atoms with Crippen LogP contribution in [-0.2, 0) is 14.8 Å². The van der Waals surface area contributed by atoms with Crippen LogP contribution in [0.3, 0.4) is 0 Å². The van der Waals surface area contributed by atoms with Gasteiger partial charge in [-0.1, -0.05) is 0 Å². The minimum atomic E-state index is -3.90. The molecule has 138 valence electrons. The minimum absolute atomic E-state index is 0.0136. The number of morpholine rings is 1. The Kier molecular flexibility index (Phi) is 4.89. The van der Waals surface area contributed by atoms with E-state index in [1.165, 1.54) is 6.07 Å². The molecule has 1 aromatic carbocycles. The molecule has 0 bridgehead atoms. The van der Waals surface area contributed by atoms with E-state index < -0.39 is 10.0 Å². The van der Waals surface area contributed by atoms with Gasteiger partial charge in [-0.2, -0.15) is 0 Å². The summed E-state index contributed by atoms with van der Waals surface area (Å²) in [7, 11) is -3.90. The summed E-state index contributed by atoms with van der Waals surface area (Å²) in [6.45, 7) is 4.42. The van der Waals surface area contributed by atoms with Crippen LogP contribution in [0.4, 0.5) is 0 Å². The van der Waals surface area contributed by atoms with Crippen molar-refractivity contribution in [3.8, 4) is 0 Å². The van der Waals surface area contributed by atoms with Gasteiger partial charge in [0.05, 0.1) is 23.6 Å². The molecule has 7 nitrogen and oxygen atoms in total. The number of carbonyl (C=O) groups is 1. The molecule has 0 unspecified atom stereocenters. The molecule has 2 aliphatic rings. The van der Waals surface area contributed by atoms with Crippen LogP contribution in [0.1, 0.15) is 34.3 Å². The summed E-state index contributed by atoms with van der Waals surface area (Å²) < 4.78 is 29.4. The van der Waals surface area contributed by atoms with Gasteiger partial charge in [0.1, 0.15) is 0 Å². The summed E-state index contributed by atoms with van der Waals surface area (Å²) in [5, 5.41) is 14.7. The van der Waals surface area contributed by atoms with E-state index >= 15 is 0 Å². The van der Waals surface area contributed by atoms with Crippen LogP contribution in [0, 0.1) is 19.8 Å². The van der Waals surface area contributed by atoms with Crippen LogP contribution in [0.2, 0.25) is 0 Å². The largest absolute Gasteiger partial charge is 0.396 e. The lowest BCUT2D eigenvalue weighted by molar-refractivity contribution is -0.0449. The van der Waals surface area contributed by atoms with E-state index in [9.17, 15) is 18.3 Å². The monoisotopic (exact) mass is 368 g/mol. The first-order valence-electron chi connectivity index (χ1n) is 8.40. The van der Waals surface area contributed by atoms with Crippen LogP contribution in [-0.4, -0.2) is 56.2 Å². The Balaban J connectivity index is 1.94. The van der Waals surface area contributed by atoms with Gasteiger partial charge >= 0.3 is 0 Å². The molecule has 3 N–H and O–H groups in total. The molecule has 1 saturated carbocycles. The summed E-state index contributed by atoms with van der Waals surface area (Å²) in [5.74, 6) is -0.0898. The Morgan fingerprint density at radius 1 is 1.36 bits per heavy atom. The standard InChI is InChI=1S/C17H24N2O5S/c1-10-5-13(8-16(11(10)2)25(18,22)23)17(21)19-3-4-24-15-7-12(9-20)6-14(15)19/h5,8,12,14-15,20H,3-4,6-7,9H2,1-2H3,(H2,18,22,23)/t12-,14+,15+/m1/s1. The van der Waals surface area contributed by atoms with Crippen LogP contribution in [0.15, 0.2) is 17.0 Å². The lowest BCUT2D eigenvalue weighted by Gasteiger charge is -2.37. The van der Waals surface area contributed by atoms with Crippen molar-refractivity contribution >= 4 is 15.9 Å². The summed E-state index contributed by atoms with van der Waals surface area (Å²) in [4.78, 5) is 14.8. The number of amides is 1. The molecule has 1 aromatic rings. The fourth-order valence-electron chi connectivity index (χ4n) is 3.86. The number of carbonyl (C=O) groups excluding carboxylic acids is 1. The van der Waals surface area contributed by atoms with E-state index in [4.69, 9.17) is 9.88 Å². The zero-order valence-electron chi connectivity index (χ0n) is 14.4. The van der Waals surface area contributed by atoms with E-state index in [1.54, 1.807) is 24.8 Å². The number of rotatable bonds is 3. The Bertz CT molecular complexity index is 792. The zero-order valence-corrected chi connectivity index (χ0v) is 15.3. The third-order valence-electron chi connectivity index (χ3n) is 5.33. The molecule has 1 aliphatic carbocycles. The SMILES string of the molecule is Cc1cc(C(=O)N2CCO[C@H]3C[C@H](CO)C[C@@H]32)cc(S(N)(=O)=O)c1C. The number of aliphatic hydroxyl groups is 1. The van der Waals surface area contributed by atoms with Gasteiger partial charge < -0.3 is 14.7 Å². The summed E-state index contributed by atoms with van der Waals surface area (Å²) in [6, 6.07) is 2.98. The number of fused-ring (bicyclic) bond motifs is 1. The quantitative estimate of drug-likeness (QED) is 0.810. The van der Waals surface area contributed by atoms with Crippen molar-refractivity contribution in [2.75, 3.05) is 19.8 Å². The van der Waals surface area contributed by atoms with Crippen molar-refractivity contribution in [2.24, 2.45) is 11.1 Å². The van der Waals surface area contributed by atoms with E-state index in [1.807, 2.05) is 0 Å². The number of aryl methyl sites for hydroxylation is 1. The maximum atomic E-state index is 13.1. The topological polar surface area (TPSA) is 110 Å². The fourth-order valence-corrected chi connectivity index (χ4v) is 4.74. The first kappa shape index (κ1) is 18.3. The highest BCUT2D eigenvalue weighted by molar-refractivity contribution is 7.89. The van der Waals surface area contributed by atoms with E-state index in [2.05, 4.69) is 0 Å². The molecule has 1 heterocycles. The molecule has 2 fully saturated rings. The van der Waals surface area contributed by atoms with Crippen molar-refractivity contribution in [3.05, 3.63) is 28.8 Å². The highest BCUT2D eigenvalue weighted by Gasteiger charge is 2.42. The molecule has 3 atom stereocenters. The molecular weight excluding hydrogens is 344 g/mol. The molecule has 1 saturated heterocycles. The smallest absolute Gasteiger partial charge is 0.254 e. The lowest BCUT2D eigenvalue weighted by atomic mass is 10.0. The Labute approximate surface area is 147 Å². The number of sulfonamides is 1. The predicted molar refractivity (Wildman–Crippen MR) is 91.7 cm³/mol. The number of hydrogen-bond acceptors (Lipinski definition) is 5. The van der Waals surface area contributed by atoms with Crippen LogP contribution >= 0.6 is 0 Å². The van der Waals surface area contributed by atoms with Crippen molar-refractivity contribution in [1.29, 1.82) is 0 Å². The number of primary sulfonamides is 1. The second-order valence-electron chi connectivity index (χ2n) is 6.96. The van der Waals surface area contributed by atoms with Gasteiger partial charge in [-0.05, 0) is 55.9 Å². The van der Waals surface area contributed by atoms with Crippen LogP contribution < -0.4 is 5.14 Å². The summed E-state index contributed by atoms with van der Waals surface area (Å²) >= 11 is 0.